The van der Waals surface area contributed by atoms with Crippen LogP contribution in [0, 0.1) is 17.6 Å². The monoisotopic (exact) mass is 480 g/mol. The van der Waals surface area contributed by atoms with Crippen molar-refractivity contribution in [3.63, 3.8) is 0 Å². The third-order valence-electron chi connectivity index (χ3n) is 6.26. The maximum atomic E-state index is 14.3. The Bertz CT molecular complexity index is 1220. The summed E-state index contributed by atoms with van der Waals surface area (Å²) in [6, 6.07) is 16.9. The first-order valence-corrected chi connectivity index (χ1v) is 11.2. The third-order valence-corrected chi connectivity index (χ3v) is 6.26. The van der Waals surface area contributed by atoms with Crippen molar-refractivity contribution in [2.24, 2.45) is 5.92 Å². The highest BCUT2D eigenvalue weighted by molar-refractivity contribution is 5.95. The van der Waals surface area contributed by atoms with Gasteiger partial charge in [-0.05, 0) is 48.0 Å². The molecule has 8 heteroatoms. The molecule has 1 heterocycles. The van der Waals surface area contributed by atoms with Gasteiger partial charge in [-0.15, -0.1) is 0 Å². The van der Waals surface area contributed by atoms with Gasteiger partial charge in [-0.3, -0.25) is 9.59 Å². The summed E-state index contributed by atoms with van der Waals surface area (Å²) in [5.41, 5.74) is 1.42. The quantitative estimate of drug-likeness (QED) is 0.552. The largest absolute Gasteiger partial charge is 0.497 e. The number of hydrogen-bond acceptors (Lipinski definition) is 4. The normalized spacial score (nSPS) is 17.2. The number of likely N-dealkylation sites (tertiary alicyclic amines) is 1. The third kappa shape index (κ3) is 5.26. The van der Waals surface area contributed by atoms with Crippen LogP contribution >= 0.6 is 0 Å². The lowest BCUT2D eigenvalue weighted by atomic mass is 9.87. The standard InChI is InChI=1S/C27H26F2N2O4/c1-34-19-11-12-25(35-2)21(13-19)22-15-31(27(33)20-5-3-4-6-24(20)29)16-23(22)26(32)30-14-17-7-9-18(28)10-8-17/h3-13,22-23H,14-16H2,1-2H3,(H,30,32)/t22-,23-/m0/s1. The van der Waals surface area contributed by atoms with Crippen molar-refractivity contribution < 1.29 is 27.8 Å². The van der Waals surface area contributed by atoms with Gasteiger partial charge in [0.05, 0.1) is 25.7 Å². The van der Waals surface area contributed by atoms with Crippen molar-refractivity contribution in [1.82, 2.24) is 10.2 Å². The van der Waals surface area contributed by atoms with Crippen LogP contribution in [0.15, 0.2) is 66.7 Å². The summed E-state index contributed by atoms with van der Waals surface area (Å²) >= 11 is 0. The Balaban J connectivity index is 1.63. The minimum Gasteiger partial charge on any atom is -0.497 e. The second kappa shape index (κ2) is 10.5. The molecule has 35 heavy (non-hydrogen) atoms. The van der Waals surface area contributed by atoms with Gasteiger partial charge in [-0.2, -0.15) is 0 Å². The van der Waals surface area contributed by atoms with Crippen LogP contribution in [0.2, 0.25) is 0 Å². The first-order valence-electron chi connectivity index (χ1n) is 11.2. The van der Waals surface area contributed by atoms with Gasteiger partial charge >= 0.3 is 0 Å². The van der Waals surface area contributed by atoms with E-state index in [1.807, 2.05) is 0 Å². The topological polar surface area (TPSA) is 67.9 Å². The van der Waals surface area contributed by atoms with Crippen LogP contribution in [0.3, 0.4) is 0 Å². The van der Waals surface area contributed by atoms with Crippen LogP contribution in [0.1, 0.15) is 27.4 Å². The average molecular weight is 481 g/mol. The van der Waals surface area contributed by atoms with E-state index in [0.717, 1.165) is 11.1 Å². The molecule has 3 aromatic rings. The first kappa shape index (κ1) is 24.2. The Labute approximate surface area is 202 Å². The average Bonchev–Trinajstić information content (AvgIpc) is 3.33. The predicted molar refractivity (Wildman–Crippen MR) is 126 cm³/mol. The van der Waals surface area contributed by atoms with Crippen molar-refractivity contribution in [2.75, 3.05) is 27.3 Å². The molecule has 0 radical (unpaired) electrons. The summed E-state index contributed by atoms with van der Waals surface area (Å²) in [6.45, 7) is 0.512. The number of ether oxygens (including phenoxy) is 2. The maximum absolute atomic E-state index is 14.3. The van der Waals surface area contributed by atoms with Gasteiger partial charge in [-0.1, -0.05) is 24.3 Å². The number of carbonyl (C=O) groups excluding carboxylic acids is 2. The van der Waals surface area contributed by atoms with Gasteiger partial charge in [0.2, 0.25) is 5.91 Å². The molecule has 182 valence electrons. The van der Waals surface area contributed by atoms with E-state index >= 15 is 0 Å². The number of amides is 2. The van der Waals surface area contributed by atoms with Gasteiger partial charge in [0.25, 0.3) is 5.91 Å². The fourth-order valence-corrected chi connectivity index (χ4v) is 4.41. The number of nitrogens with zero attached hydrogens (tertiary/aromatic N) is 1. The number of methoxy groups -OCH3 is 2. The molecule has 1 aliphatic rings. The molecule has 6 nitrogen and oxygen atoms in total. The lowest BCUT2D eigenvalue weighted by Gasteiger charge is -2.21. The Morgan fingerprint density at radius 1 is 0.971 bits per heavy atom. The molecule has 1 fully saturated rings. The molecule has 3 aromatic carbocycles. The number of rotatable bonds is 7. The molecule has 2 atom stereocenters. The minimum absolute atomic E-state index is 0.0452. The highest BCUT2D eigenvalue weighted by Gasteiger charge is 2.42. The first-order chi connectivity index (χ1) is 16.9. The summed E-state index contributed by atoms with van der Waals surface area (Å²) in [7, 11) is 3.08. The summed E-state index contributed by atoms with van der Waals surface area (Å²) in [5.74, 6) is -1.61. The summed E-state index contributed by atoms with van der Waals surface area (Å²) in [6.07, 6.45) is 0. The van der Waals surface area contributed by atoms with Crippen molar-refractivity contribution in [1.29, 1.82) is 0 Å². The van der Waals surface area contributed by atoms with E-state index < -0.39 is 23.6 Å². The summed E-state index contributed by atoms with van der Waals surface area (Å²) in [5, 5.41) is 2.89. The fourth-order valence-electron chi connectivity index (χ4n) is 4.41. The molecule has 0 spiro atoms. The number of nitrogens with one attached hydrogen (secondary N) is 1. The molecule has 0 aliphatic carbocycles. The number of benzene rings is 3. The van der Waals surface area contributed by atoms with Gasteiger partial charge in [0, 0.05) is 31.1 Å². The zero-order chi connectivity index (χ0) is 24.9. The van der Waals surface area contributed by atoms with Gasteiger partial charge in [0.1, 0.15) is 23.1 Å². The molecule has 1 N–H and O–H groups in total. The smallest absolute Gasteiger partial charge is 0.256 e. The number of hydrogen-bond donors (Lipinski definition) is 1. The Morgan fingerprint density at radius 3 is 2.40 bits per heavy atom. The van der Waals surface area contributed by atoms with Crippen molar-refractivity contribution in [3.05, 3.63) is 95.1 Å². The molecule has 0 unspecified atom stereocenters. The molecule has 4 rings (SSSR count). The molecule has 0 aromatic heterocycles. The molecule has 1 aliphatic heterocycles. The zero-order valence-corrected chi connectivity index (χ0v) is 19.5. The lowest BCUT2D eigenvalue weighted by molar-refractivity contribution is -0.125. The van der Waals surface area contributed by atoms with Crippen LogP contribution in [0.5, 0.6) is 11.5 Å². The van der Waals surface area contributed by atoms with Gasteiger partial charge in [-0.25, -0.2) is 8.78 Å². The van der Waals surface area contributed by atoms with Crippen molar-refractivity contribution >= 4 is 11.8 Å². The number of carbonyl (C=O) groups is 2. The zero-order valence-electron chi connectivity index (χ0n) is 19.5. The van der Waals surface area contributed by atoms with E-state index in [-0.39, 0.29) is 36.9 Å². The Morgan fingerprint density at radius 2 is 1.71 bits per heavy atom. The minimum atomic E-state index is -0.618. The van der Waals surface area contributed by atoms with E-state index in [1.54, 1.807) is 43.5 Å². The molecular formula is C27H26F2N2O4. The molecule has 1 saturated heterocycles. The van der Waals surface area contributed by atoms with Gasteiger partial charge < -0.3 is 19.7 Å². The van der Waals surface area contributed by atoms with Crippen LogP contribution in [-0.2, 0) is 11.3 Å². The fraction of sp³-hybridized carbons (Fsp3) is 0.259. The van der Waals surface area contributed by atoms with Crippen LogP contribution < -0.4 is 14.8 Å². The summed E-state index contributed by atoms with van der Waals surface area (Å²) in [4.78, 5) is 28.0. The van der Waals surface area contributed by atoms with Crippen LogP contribution in [-0.4, -0.2) is 44.0 Å². The van der Waals surface area contributed by atoms with E-state index in [4.69, 9.17) is 9.47 Å². The van der Waals surface area contributed by atoms with Crippen molar-refractivity contribution in [3.8, 4) is 11.5 Å². The molecule has 0 saturated carbocycles. The summed E-state index contributed by atoms with van der Waals surface area (Å²) < 4.78 is 38.5. The van der Waals surface area contributed by atoms with Crippen LogP contribution in [0.4, 0.5) is 8.78 Å². The second-order valence-electron chi connectivity index (χ2n) is 8.36. The van der Waals surface area contributed by atoms with E-state index in [9.17, 15) is 18.4 Å². The Hall–Kier alpha value is -3.94. The SMILES string of the molecule is COc1ccc(OC)c([C@@H]2CN(C(=O)c3ccccc3F)C[C@@H]2C(=O)NCc2ccc(F)cc2)c1. The lowest BCUT2D eigenvalue weighted by Crippen LogP contribution is -2.35. The molecule has 0 bridgehead atoms. The second-order valence-corrected chi connectivity index (χ2v) is 8.36. The van der Waals surface area contributed by atoms with Gasteiger partial charge in [0.15, 0.2) is 0 Å². The molecular weight excluding hydrogens is 454 g/mol. The highest BCUT2D eigenvalue weighted by Crippen LogP contribution is 2.40. The Kier molecular flexibility index (Phi) is 7.29. The molecule has 2 amide bonds. The predicted octanol–water partition coefficient (Wildman–Crippen LogP) is 4.15. The highest BCUT2D eigenvalue weighted by atomic mass is 19.1. The van der Waals surface area contributed by atoms with E-state index in [1.165, 1.54) is 42.3 Å². The number of halogens is 2. The van der Waals surface area contributed by atoms with E-state index in [0.29, 0.717) is 11.5 Å². The van der Waals surface area contributed by atoms with Crippen LogP contribution in [0.25, 0.3) is 0 Å². The van der Waals surface area contributed by atoms with Crippen molar-refractivity contribution in [2.45, 2.75) is 12.5 Å². The van der Waals surface area contributed by atoms with E-state index in [2.05, 4.69) is 5.32 Å². The maximum Gasteiger partial charge on any atom is 0.256 e.